The SMILES string of the molecule is Cn1ccnc1CC(NN)c1ccccc1Br. The Hall–Kier alpha value is -1.17. The zero-order chi connectivity index (χ0) is 12.3. The Morgan fingerprint density at radius 2 is 2.24 bits per heavy atom. The van der Waals surface area contributed by atoms with Crippen LogP contribution in [0.15, 0.2) is 41.1 Å². The molecule has 1 heterocycles. The minimum Gasteiger partial charge on any atom is -0.338 e. The van der Waals surface area contributed by atoms with Crippen molar-refractivity contribution in [3.8, 4) is 0 Å². The van der Waals surface area contributed by atoms with Crippen LogP contribution in [0.5, 0.6) is 0 Å². The fourth-order valence-electron chi connectivity index (χ4n) is 1.79. The van der Waals surface area contributed by atoms with Crippen molar-refractivity contribution in [1.82, 2.24) is 15.0 Å². The molecule has 2 rings (SSSR count). The van der Waals surface area contributed by atoms with E-state index in [4.69, 9.17) is 5.84 Å². The average molecular weight is 295 g/mol. The molecule has 0 spiro atoms. The number of nitrogens with one attached hydrogen (secondary N) is 1. The van der Waals surface area contributed by atoms with Gasteiger partial charge >= 0.3 is 0 Å². The number of aromatic nitrogens is 2. The van der Waals surface area contributed by atoms with E-state index in [-0.39, 0.29) is 6.04 Å². The molecule has 1 aromatic heterocycles. The number of nitrogens with zero attached hydrogens (tertiary/aromatic N) is 2. The molecule has 17 heavy (non-hydrogen) atoms. The van der Waals surface area contributed by atoms with Crippen LogP contribution in [0.3, 0.4) is 0 Å². The van der Waals surface area contributed by atoms with Crippen molar-refractivity contribution < 1.29 is 0 Å². The molecule has 0 radical (unpaired) electrons. The molecule has 0 amide bonds. The summed E-state index contributed by atoms with van der Waals surface area (Å²) in [5.41, 5.74) is 3.98. The van der Waals surface area contributed by atoms with E-state index in [0.29, 0.717) is 0 Å². The van der Waals surface area contributed by atoms with Gasteiger partial charge in [0.25, 0.3) is 0 Å². The number of hydrogen-bond donors (Lipinski definition) is 2. The smallest absolute Gasteiger partial charge is 0.110 e. The van der Waals surface area contributed by atoms with Crippen LogP contribution in [0.1, 0.15) is 17.4 Å². The van der Waals surface area contributed by atoms with Gasteiger partial charge in [0.2, 0.25) is 0 Å². The van der Waals surface area contributed by atoms with Gasteiger partial charge < -0.3 is 4.57 Å². The summed E-state index contributed by atoms with van der Waals surface area (Å²) in [6.45, 7) is 0. The number of hydrazine groups is 1. The second-order valence-corrected chi connectivity index (χ2v) is 4.75. The Balaban J connectivity index is 2.23. The molecule has 0 aliphatic carbocycles. The third-order valence-corrected chi connectivity index (χ3v) is 3.51. The van der Waals surface area contributed by atoms with Crippen LogP contribution in [-0.2, 0) is 13.5 Å². The number of rotatable bonds is 4. The van der Waals surface area contributed by atoms with E-state index in [2.05, 4.69) is 32.4 Å². The lowest BCUT2D eigenvalue weighted by molar-refractivity contribution is 0.528. The normalized spacial score (nSPS) is 12.6. The van der Waals surface area contributed by atoms with Gasteiger partial charge in [-0.15, -0.1) is 0 Å². The fraction of sp³-hybridized carbons (Fsp3) is 0.250. The molecule has 0 saturated heterocycles. The molecule has 0 aliphatic heterocycles. The van der Waals surface area contributed by atoms with Gasteiger partial charge in [0.15, 0.2) is 0 Å². The van der Waals surface area contributed by atoms with Crippen molar-refractivity contribution in [2.24, 2.45) is 12.9 Å². The zero-order valence-electron chi connectivity index (χ0n) is 9.60. The first-order valence-electron chi connectivity index (χ1n) is 5.39. The lowest BCUT2D eigenvalue weighted by Crippen LogP contribution is -2.30. The molecule has 1 aromatic carbocycles. The maximum Gasteiger partial charge on any atom is 0.110 e. The highest BCUT2D eigenvalue weighted by molar-refractivity contribution is 9.10. The lowest BCUT2D eigenvalue weighted by atomic mass is 10.0. The first kappa shape index (κ1) is 12.3. The Bertz CT molecular complexity index is 495. The maximum absolute atomic E-state index is 5.63. The van der Waals surface area contributed by atoms with E-state index in [1.807, 2.05) is 36.0 Å². The summed E-state index contributed by atoms with van der Waals surface area (Å²) in [5.74, 6) is 6.64. The highest BCUT2D eigenvalue weighted by Gasteiger charge is 2.15. The molecule has 2 aromatic rings. The average Bonchev–Trinajstić information content (AvgIpc) is 2.73. The van der Waals surface area contributed by atoms with Gasteiger partial charge in [-0.1, -0.05) is 34.1 Å². The van der Waals surface area contributed by atoms with Crippen molar-refractivity contribution in [2.45, 2.75) is 12.5 Å². The highest BCUT2D eigenvalue weighted by Crippen LogP contribution is 2.24. The molecular formula is C12H15BrN4. The number of aryl methyl sites for hydroxylation is 1. The van der Waals surface area contributed by atoms with E-state index >= 15 is 0 Å². The van der Waals surface area contributed by atoms with Crippen molar-refractivity contribution in [3.63, 3.8) is 0 Å². The van der Waals surface area contributed by atoms with E-state index < -0.39 is 0 Å². The predicted octanol–water partition coefficient (Wildman–Crippen LogP) is 1.93. The number of halogens is 1. The number of imidazole rings is 1. The van der Waals surface area contributed by atoms with Gasteiger partial charge in [-0.05, 0) is 11.6 Å². The summed E-state index contributed by atoms with van der Waals surface area (Å²) in [4.78, 5) is 4.31. The molecule has 0 fully saturated rings. The molecule has 1 unspecified atom stereocenters. The van der Waals surface area contributed by atoms with Gasteiger partial charge in [0.05, 0.1) is 6.04 Å². The van der Waals surface area contributed by atoms with E-state index in [1.165, 1.54) is 0 Å². The van der Waals surface area contributed by atoms with Crippen LogP contribution in [0.2, 0.25) is 0 Å². The van der Waals surface area contributed by atoms with Gasteiger partial charge in [-0.3, -0.25) is 11.3 Å². The summed E-state index contributed by atoms with van der Waals surface area (Å²) in [7, 11) is 1.98. The molecule has 0 bridgehead atoms. The van der Waals surface area contributed by atoms with Crippen LogP contribution >= 0.6 is 15.9 Å². The summed E-state index contributed by atoms with van der Waals surface area (Å²) in [6, 6.07) is 8.10. The molecule has 0 aliphatic rings. The first-order chi connectivity index (χ1) is 8.22. The van der Waals surface area contributed by atoms with Crippen molar-refractivity contribution in [1.29, 1.82) is 0 Å². The van der Waals surface area contributed by atoms with E-state index in [9.17, 15) is 0 Å². The molecule has 3 N–H and O–H groups in total. The van der Waals surface area contributed by atoms with Gasteiger partial charge in [-0.25, -0.2) is 4.98 Å². The number of hydrogen-bond acceptors (Lipinski definition) is 3. The summed E-state index contributed by atoms with van der Waals surface area (Å²) in [5, 5.41) is 0. The summed E-state index contributed by atoms with van der Waals surface area (Å²) in [6.07, 6.45) is 4.48. The van der Waals surface area contributed by atoms with Crippen LogP contribution in [0, 0.1) is 0 Å². The maximum atomic E-state index is 5.63. The van der Waals surface area contributed by atoms with Crippen molar-refractivity contribution in [3.05, 3.63) is 52.5 Å². The Morgan fingerprint density at radius 3 is 2.82 bits per heavy atom. The Labute approximate surface area is 109 Å². The van der Waals surface area contributed by atoms with E-state index in [1.54, 1.807) is 6.20 Å². The molecule has 5 heteroatoms. The first-order valence-corrected chi connectivity index (χ1v) is 6.18. The summed E-state index contributed by atoms with van der Waals surface area (Å²) >= 11 is 3.54. The second-order valence-electron chi connectivity index (χ2n) is 3.90. The predicted molar refractivity (Wildman–Crippen MR) is 71.1 cm³/mol. The Morgan fingerprint density at radius 1 is 1.47 bits per heavy atom. The molecule has 90 valence electrons. The minimum atomic E-state index is 0.0478. The molecule has 0 saturated carbocycles. The highest BCUT2D eigenvalue weighted by atomic mass is 79.9. The largest absolute Gasteiger partial charge is 0.338 e. The molecular weight excluding hydrogens is 280 g/mol. The number of benzene rings is 1. The van der Waals surface area contributed by atoms with Crippen LogP contribution in [0.4, 0.5) is 0 Å². The van der Waals surface area contributed by atoms with Crippen LogP contribution in [-0.4, -0.2) is 9.55 Å². The van der Waals surface area contributed by atoms with E-state index in [0.717, 1.165) is 22.3 Å². The standard InChI is InChI=1S/C12H15BrN4/c1-17-7-6-15-12(17)8-11(16-14)9-4-2-3-5-10(9)13/h2-7,11,16H,8,14H2,1H3. The van der Waals surface area contributed by atoms with Crippen LogP contribution in [0.25, 0.3) is 0 Å². The van der Waals surface area contributed by atoms with Crippen LogP contribution < -0.4 is 11.3 Å². The second kappa shape index (κ2) is 5.44. The third kappa shape index (κ3) is 2.74. The lowest BCUT2D eigenvalue weighted by Gasteiger charge is -2.17. The fourth-order valence-corrected chi connectivity index (χ4v) is 2.35. The van der Waals surface area contributed by atoms with Crippen molar-refractivity contribution in [2.75, 3.05) is 0 Å². The van der Waals surface area contributed by atoms with Gasteiger partial charge in [0.1, 0.15) is 5.82 Å². The quantitative estimate of drug-likeness (QED) is 0.669. The molecule has 4 nitrogen and oxygen atoms in total. The Kier molecular flexibility index (Phi) is 3.93. The topological polar surface area (TPSA) is 55.9 Å². The summed E-state index contributed by atoms with van der Waals surface area (Å²) < 4.78 is 3.05. The molecule has 1 atom stereocenters. The third-order valence-electron chi connectivity index (χ3n) is 2.79. The van der Waals surface area contributed by atoms with Crippen molar-refractivity contribution >= 4 is 15.9 Å². The van der Waals surface area contributed by atoms with Gasteiger partial charge in [-0.2, -0.15) is 0 Å². The minimum absolute atomic E-state index is 0.0478. The monoisotopic (exact) mass is 294 g/mol. The number of nitrogens with two attached hydrogens (primary N) is 1. The zero-order valence-corrected chi connectivity index (χ0v) is 11.2. The van der Waals surface area contributed by atoms with Gasteiger partial charge in [0, 0.05) is 30.3 Å².